The van der Waals surface area contributed by atoms with E-state index in [0.717, 1.165) is 5.69 Å². The van der Waals surface area contributed by atoms with Gasteiger partial charge in [0.05, 0.1) is 22.5 Å². The van der Waals surface area contributed by atoms with Crippen LogP contribution in [-0.2, 0) is 19.9 Å². The van der Waals surface area contributed by atoms with E-state index in [1.807, 2.05) is 6.92 Å². The lowest BCUT2D eigenvalue weighted by molar-refractivity contribution is 0.170. The summed E-state index contributed by atoms with van der Waals surface area (Å²) in [5.41, 5.74) is 1.72. The van der Waals surface area contributed by atoms with Crippen molar-refractivity contribution >= 4 is 27.5 Å². The van der Waals surface area contributed by atoms with Crippen LogP contribution in [-0.4, -0.2) is 14.9 Å². The summed E-state index contributed by atoms with van der Waals surface area (Å²) in [6.07, 6.45) is -0.0585. The minimum absolute atomic E-state index is 0.210. The van der Waals surface area contributed by atoms with Crippen molar-refractivity contribution in [2.24, 2.45) is 7.05 Å². The Labute approximate surface area is 130 Å². The summed E-state index contributed by atoms with van der Waals surface area (Å²) in [6.45, 7) is 1.96. The first-order valence-corrected chi connectivity index (χ1v) is 7.45. The lowest BCUT2D eigenvalue weighted by atomic mass is 10.0. The van der Waals surface area contributed by atoms with Crippen molar-refractivity contribution in [3.05, 3.63) is 50.5 Å². The molecule has 0 saturated heterocycles. The number of hydrogen-bond acceptors (Lipinski definition) is 2. The Morgan fingerprint density at radius 3 is 2.75 bits per heavy atom. The predicted octanol–water partition coefficient (Wildman–Crippen LogP) is 3.81. The van der Waals surface area contributed by atoms with E-state index in [-0.39, 0.29) is 12.0 Å². The highest BCUT2D eigenvalue weighted by molar-refractivity contribution is 9.10. The Morgan fingerprint density at radius 2 is 2.20 bits per heavy atom. The summed E-state index contributed by atoms with van der Waals surface area (Å²) in [5, 5.41) is 15.1. The number of benzene rings is 1. The summed E-state index contributed by atoms with van der Waals surface area (Å²) < 4.78 is 16.0. The van der Waals surface area contributed by atoms with E-state index in [9.17, 15) is 9.50 Å². The number of hydrogen-bond donors (Lipinski definition) is 1. The summed E-state index contributed by atoms with van der Waals surface area (Å²) in [5.74, 6) is -0.444. The van der Waals surface area contributed by atoms with Gasteiger partial charge in [0, 0.05) is 23.5 Å². The van der Waals surface area contributed by atoms with E-state index in [0.29, 0.717) is 21.6 Å². The molecular formula is C14H15BrClFN2O. The average Bonchev–Trinajstić information content (AvgIpc) is 2.66. The van der Waals surface area contributed by atoms with Gasteiger partial charge in [-0.25, -0.2) is 4.39 Å². The molecule has 1 unspecified atom stereocenters. The molecule has 0 bridgehead atoms. The molecule has 0 amide bonds. The molecule has 2 rings (SSSR count). The van der Waals surface area contributed by atoms with Crippen LogP contribution in [0.25, 0.3) is 0 Å². The highest BCUT2D eigenvalue weighted by atomic mass is 79.9. The van der Waals surface area contributed by atoms with Crippen molar-refractivity contribution in [3.8, 4) is 0 Å². The van der Waals surface area contributed by atoms with Crippen molar-refractivity contribution in [2.75, 3.05) is 0 Å². The van der Waals surface area contributed by atoms with Crippen LogP contribution in [0.3, 0.4) is 0 Å². The maximum absolute atomic E-state index is 13.8. The molecule has 3 nitrogen and oxygen atoms in total. The number of aliphatic hydroxyl groups is 1. The Kier molecular flexibility index (Phi) is 4.83. The van der Waals surface area contributed by atoms with Crippen LogP contribution in [0, 0.1) is 5.82 Å². The third kappa shape index (κ3) is 2.90. The van der Waals surface area contributed by atoms with Gasteiger partial charge in [0.2, 0.25) is 0 Å². The molecule has 6 heteroatoms. The summed E-state index contributed by atoms with van der Waals surface area (Å²) in [4.78, 5) is 0. The van der Waals surface area contributed by atoms with Crippen LogP contribution in [0.15, 0.2) is 22.7 Å². The number of aromatic nitrogens is 2. The molecule has 1 aromatic carbocycles. The smallest absolute Gasteiger partial charge is 0.130 e. The van der Waals surface area contributed by atoms with Crippen molar-refractivity contribution < 1.29 is 9.50 Å². The molecular weight excluding hydrogens is 347 g/mol. The molecule has 20 heavy (non-hydrogen) atoms. The Morgan fingerprint density at radius 1 is 1.50 bits per heavy atom. The van der Waals surface area contributed by atoms with E-state index >= 15 is 0 Å². The summed E-state index contributed by atoms with van der Waals surface area (Å²) in [6, 6.07) is 4.61. The topological polar surface area (TPSA) is 38.0 Å². The van der Waals surface area contributed by atoms with Crippen LogP contribution in [0.1, 0.15) is 30.0 Å². The first kappa shape index (κ1) is 15.5. The Hall–Kier alpha value is -0.910. The van der Waals surface area contributed by atoms with Crippen molar-refractivity contribution in [2.45, 2.75) is 25.9 Å². The highest BCUT2D eigenvalue weighted by Gasteiger charge is 2.21. The molecule has 108 valence electrons. The monoisotopic (exact) mass is 360 g/mol. The third-order valence-corrected chi connectivity index (χ3v) is 4.35. The Balaban J connectivity index is 2.33. The maximum atomic E-state index is 13.8. The first-order chi connectivity index (χ1) is 9.45. The van der Waals surface area contributed by atoms with Gasteiger partial charge in [-0.1, -0.05) is 40.5 Å². The number of aliphatic hydroxyl groups excluding tert-OH is 1. The van der Waals surface area contributed by atoms with Crippen molar-refractivity contribution in [3.63, 3.8) is 0 Å². The molecule has 1 atom stereocenters. The van der Waals surface area contributed by atoms with Crippen LogP contribution in [0.4, 0.5) is 4.39 Å². The molecule has 0 radical (unpaired) electrons. The first-order valence-electron chi connectivity index (χ1n) is 6.27. The molecule has 0 fully saturated rings. The fraction of sp³-hybridized carbons (Fsp3) is 0.357. The van der Waals surface area contributed by atoms with Gasteiger partial charge in [-0.15, -0.1) is 0 Å². The van der Waals surface area contributed by atoms with Crippen LogP contribution < -0.4 is 0 Å². The molecule has 0 spiro atoms. The van der Waals surface area contributed by atoms with Crippen LogP contribution >= 0.6 is 27.5 Å². The minimum atomic E-state index is -0.983. The quantitative estimate of drug-likeness (QED) is 0.899. The normalized spacial score (nSPS) is 12.7. The Bertz CT molecular complexity index is 610. The van der Waals surface area contributed by atoms with Gasteiger partial charge in [0.1, 0.15) is 5.82 Å². The zero-order valence-electron chi connectivity index (χ0n) is 11.2. The van der Waals surface area contributed by atoms with Crippen LogP contribution in [0.2, 0.25) is 5.02 Å². The number of nitrogens with zero attached hydrogens (tertiary/aromatic N) is 2. The van der Waals surface area contributed by atoms with E-state index in [1.54, 1.807) is 23.9 Å². The lowest BCUT2D eigenvalue weighted by Crippen LogP contribution is -2.09. The maximum Gasteiger partial charge on any atom is 0.130 e. The number of rotatable bonds is 4. The average molecular weight is 362 g/mol. The lowest BCUT2D eigenvalue weighted by Gasteiger charge is -2.14. The molecule has 0 aliphatic rings. The molecule has 0 aliphatic heterocycles. The van der Waals surface area contributed by atoms with Gasteiger partial charge < -0.3 is 5.11 Å². The summed E-state index contributed by atoms with van der Waals surface area (Å²) in [7, 11) is 1.77. The number of aryl methyl sites for hydroxylation is 2. The van der Waals surface area contributed by atoms with E-state index in [1.165, 1.54) is 6.07 Å². The van der Waals surface area contributed by atoms with Gasteiger partial charge in [-0.2, -0.15) is 5.10 Å². The second-order valence-electron chi connectivity index (χ2n) is 4.54. The zero-order valence-corrected chi connectivity index (χ0v) is 13.5. The largest absolute Gasteiger partial charge is 0.388 e. The fourth-order valence-corrected chi connectivity index (χ4v) is 3.13. The predicted molar refractivity (Wildman–Crippen MR) is 80.4 cm³/mol. The second-order valence-corrected chi connectivity index (χ2v) is 5.77. The molecule has 0 saturated carbocycles. The molecule has 2 aromatic rings. The minimum Gasteiger partial charge on any atom is -0.388 e. The van der Waals surface area contributed by atoms with Gasteiger partial charge >= 0.3 is 0 Å². The zero-order chi connectivity index (χ0) is 14.9. The van der Waals surface area contributed by atoms with Crippen LogP contribution in [0.5, 0.6) is 0 Å². The molecule has 1 heterocycles. The fourth-order valence-electron chi connectivity index (χ4n) is 2.16. The van der Waals surface area contributed by atoms with Gasteiger partial charge in [0.25, 0.3) is 0 Å². The molecule has 1 N–H and O–H groups in total. The second kappa shape index (κ2) is 6.24. The van der Waals surface area contributed by atoms with Gasteiger partial charge in [-0.3, -0.25) is 4.68 Å². The SMILES string of the molecule is CCc1nn(C)c(CC(O)c2c(F)cccc2Br)c1Cl. The molecule has 1 aromatic heterocycles. The highest BCUT2D eigenvalue weighted by Crippen LogP contribution is 2.31. The van der Waals surface area contributed by atoms with Crippen molar-refractivity contribution in [1.82, 2.24) is 9.78 Å². The third-order valence-electron chi connectivity index (χ3n) is 3.22. The van der Waals surface area contributed by atoms with Gasteiger partial charge in [-0.05, 0) is 18.6 Å². The van der Waals surface area contributed by atoms with E-state index in [2.05, 4.69) is 21.0 Å². The van der Waals surface area contributed by atoms with Gasteiger partial charge in [0.15, 0.2) is 0 Å². The standard InChI is InChI=1S/C14H15BrClFN2O/c1-3-10-14(16)11(19(2)18-10)7-12(20)13-8(15)5-4-6-9(13)17/h4-6,12,20H,3,7H2,1-2H3. The molecule has 0 aliphatic carbocycles. The summed E-state index contributed by atoms with van der Waals surface area (Å²) >= 11 is 9.50. The number of halogens is 3. The van der Waals surface area contributed by atoms with E-state index < -0.39 is 11.9 Å². The van der Waals surface area contributed by atoms with E-state index in [4.69, 9.17) is 11.6 Å². The van der Waals surface area contributed by atoms with Crippen molar-refractivity contribution in [1.29, 1.82) is 0 Å².